The van der Waals surface area contributed by atoms with Crippen LogP contribution < -0.4 is 4.90 Å². The molecule has 0 unspecified atom stereocenters. The fourth-order valence-corrected chi connectivity index (χ4v) is 4.38. The lowest BCUT2D eigenvalue weighted by Crippen LogP contribution is -2.10. The van der Waals surface area contributed by atoms with E-state index in [0.717, 1.165) is 34.9 Å². The van der Waals surface area contributed by atoms with E-state index >= 15 is 0 Å². The maximum atomic E-state index is 6.64. The Labute approximate surface area is 194 Å². The second-order valence-electron chi connectivity index (χ2n) is 7.91. The Balaban J connectivity index is 1.54. The summed E-state index contributed by atoms with van der Waals surface area (Å²) in [5.74, 6) is 0. The fourth-order valence-electron chi connectivity index (χ4n) is 4.16. The highest BCUT2D eigenvalue weighted by Crippen LogP contribution is 2.39. The van der Waals surface area contributed by atoms with Crippen LogP contribution in [0, 0.1) is 0 Å². The molecule has 4 aromatic rings. The second-order valence-corrected chi connectivity index (χ2v) is 8.31. The van der Waals surface area contributed by atoms with Gasteiger partial charge < -0.3 is 4.90 Å². The number of benzene rings is 4. The number of para-hydroxylation sites is 1. The van der Waals surface area contributed by atoms with E-state index in [2.05, 4.69) is 102 Å². The van der Waals surface area contributed by atoms with E-state index in [0.29, 0.717) is 0 Å². The predicted molar refractivity (Wildman–Crippen MR) is 138 cm³/mol. The number of anilines is 3. The van der Waals surface area contributed by atoms with Gasteiger partial charge in [0, 0.05) is 11.4 Å². The summed E-state index contributed by atoms with van der Waals surface area (Å²) in [7, 11) is 0. The predicted octanol–water partition coefficient (Wildman–Crippen LogP) is 9.21. The van der Waals surface area contributed by atoms with Crippen LogP contribution in [0.15, 0.2) is 121 Å². The summed E-state index contributed by atoms with van der Waals surface area (Å²) in [6.45, 7) is 0. The molecule has 2 heteroatoms. The molecule has 0 saturated carbocycles. The maximum Gasteiger partial charge on any atom is 0.0647 e. The third-order valence-electron chi connectivity index (χ3n) is 5.84. The lowest BCUT2D eigenvalue weighted by atomic mass is 9.97. The molecule has 1 aliphatic rings. The van der Waals surface area contributed by atoms with Crippen molar-refractivity contribution in [1.82, 2.24) is 0 Å². The molecule has 1 nitrogen and oxygen atoms in total. The Kier molecular flexibility index (Phi) is 5.91. The van der Waals surface area contributed by atoms with Gasteiger partial charge in [0.25, 0.3) is 0 Å². The number of hydrogen-bond acceptors (Lipinski definition) is 1. The third kappa shape index (κ3) is 4.26. The van der Waals surface area contributed by atoms with Crippen LogP contribution in [-0.4, -0.2) is 0 Å². The average molecular weight is 434 g/mol. The topological polar surface area (TPSA) is 3.24 Å². The van der Waals surface area contributed by atoms with Crippen molar-refractivity contribution in [1.29, 1.82) is 0 Å². The van der Waals surface area contributed by atoms with Crippen LogP contribution in [0.2, 0.25) is 5.02 Å². The molecule has 0 atom stereocenters. The van der Waals surface area contributed by atoms with Crippen LogP contribution in [0.3, 0.4) is 0 Å². The minimum Gasteiger partial charge on any atom is -0.309 e. The summed E-state index contributed by atoms with van der Waals surface area (Å²) in [5, 5.41) is 0.726. The molecular formula is C30H24ClN. The van der Waals surface area contributed by atoms with E-state index in [4.69, 9.17) is 11.6 Å². The molecular weight excluding hydrogens is 410 g/mol. The smallest absolute Gasteiger partial charge is 0.0647 e. The first-order chi connectivity index (χ1) is 15.8. The number of rotatable bonds is 5. The summed E-state index contributed by atoms with van der Waals surface area (Å²) >= 11 is 6.64. The van der Waals surface area contributed by atoms with Crippen LogP contribution in [0.25, 0.3) is 16.7 Å². The molecule has 0 radical (unpaired) electrons. The molecule has 0 saturated heterocycles. The van der Waals surface area contributed by atoms with Gasteiger partial charge in [0.05, 0.1) is 10.7 Å². The van der Waals surface area contributed by atoms with Gasteiger partial charge in [0.15, 0.2) is 0 Å². The molecule has 0 aromatic heterocycles. The highest BCUT2D eigenvalue weighted by atomic mass is 35.5. The molecule has 5 rings (SSSR count). The van der Waals surface area contributed by atoms with Crippen LogP contribution >= 0.6 is 11.6 Å². The maximum absolute atomic E-state index is 6.64. The summed E-state index contributed by atoms with van der Waals surface area (Å²) in [4.78, 5) is 2.22. The summed E-state index contributed by atoms with van der Waals surface area (Å²) in [5.41, 5.74) is 8.19. The lowest BCUT2D eigenvalue weighted by molar-refractivity contribution is 1.05. The Morgan fingerprint density at radius 2 is 1.19 bits per heavy atom. The zero-order valence-electron chi connectivity index (χ0n) is 17.8. The molecule has 0 spiro atoms. The van der Waals surface area contributed by atoms with Crippen LogP contribution in [0.1, 0.15) is 18.4 Å². The van der Waals surface area contributed by atoms with Gasteiger partial charge >= 0.3 is 0 Å². The zero-order valence-corrected chi connectivity index (χ0v) is 18.5. The van der Waals surface area contributed by atoms with Crippen molar-refractivity contribution < 1.29 is 0 Å². The molecule has 0 aliphatic heterocycles. The van der Waals surface area contributed by atoms with Crippen molar-refractivity contribution in [3.63, 3.8) is 0 Å². The van der Waals surface area contributed by atoms with E-state index in [1.807, 2.05) is 24.3 Å². The van der Waals surface area contributed by atoms with Gasteiger partial charge in [0.2, 0.25) is 0 Å². The van der Waals surface area contributed by atoms with Gasteiger partial charge in [-0.2, -0.15) is 0 Å². The Morgan fingerprint density at radius 3 is 1.81 bits per heavy atom. The number of nitrogens with zero attached hydrogens (tertiary/aromatic N) is 1. The van der Waals surface area contributed by atoms with Crippen molar-refractivity contribution >= 4 is 34.2 Å². The first-order valence-electron chi connectivity index (χ1n) is 11.0. The normalized spacial score (nSPS) is 13.0. The lowest BCUT2D eigenvalue weighted by Gasteiger charge is -2.27. The van der Waals surface area contributed by atoms with Gasteiger partial charge in [-0.25, -0.2) is 0 Å². The second kappa shape index (κ2) is 9.30. The van der Waals surface area contributed by atoms with Crippen LogP contribution in [0.5, 0.6) is 0 Å². The molecule has 0 bridgehead atoms. The average Bonchev–Trinajstić information content (AvgIpc) is 2.87. The number of halogens is 1. The van der Waals surface area contributed by atoms with Gasteiger partial charge in [0.1, 0.15) is 0 Å². The molecule has 156 valence electrons. The largest absolute Gasteiger partial charge is 0.309 e. The zero-order chi connectivity index (χ0) is 21.8. The van der Waals surface area contributed by atoms with Crippen molar-refractivity contribution in [2.24, 2.45) is 0 Å². The highest BCUT2D eigenvalue weighted by molar-refractivity contribution is 6.33. The summed E-state index contributed by atoms with van der Waals surface area (Å²) in [6.07, 6.45) is 8.78. The molecule has 4 aromatic carbocycles. The van der Waals surface area contributed by atoms with E-state index < -0.39 is 0 Å². The van der Waals surface area contributed by atoms with E-state index in [9.17, 15) is 0 Å². The van der Waals surface area contributed by atoms with Crippen LogP contribution in [0.4, 0.5) is 17.1 Å². The summed E-state index contributed by atoms with van der Waals surface area (Å²) in [6, 6.07) is 35.9. The molecule has 0 heterocycles. The van der Waals surface area contributed by atoms with Gasteiger partial charge in [-0.3, -0.25) is 0 Å². The van der Waals surface area contributed by atoms with Gasteiger partial charge in [-0.1, -0.05) is 96.6 Å². The Hall–Kier alpha value is -3.55. The summed E-state index contributed by atoms with van der Waals surface area (Å²) < 4.78 is 0. The van der Waals surface area contributed by atoms with Crippen molar-refractivity contribution in [2.45, 2.75) is 12.8 Å². The van der Waals surface area contributed by atoms with E-state index in [-0.39, 0.29) is 0 Å². The fraction of sp³-hybridized carbons (Fsp3) is 0.0667. The van der Waals surface area contributed by atoms with Crippen molar-refractivity contribution in [3.8, 4) is 11.1 Å². The molecule has 0 N–H and O–H groups in total. The Morgan fingerprint density at radius 1 is 0.594 bits per heavy atom. The standard InChI is InChI=1S/C30H24ClN/c31-29-13-7-8-14-30(29)32(27-19-15-25(16-20-27)23-9-3-1-4-10-23)28-21-17-26(18-22-28)24-11-5-2-6-12-24/h1-5,7-11,13-22H,6,12H2. The van der Waals surface area contributed by atoms with Crippen LogP contribution in [-0.2, 0) is 0 Å². The molecule has 0 fully saturated rings. The van der Waals surface area contributed by atoms with Gasteiger partial charge in [-0.05, 0) is 71.5 Å². The third-order valence-corrected chi connectivity index (χ3v) is 6.16. The van der Waals surface area contributed by atoms with E-state index in [1.165, 1.54) is 22.3 Å². The quantitative estimate of drug-likeness (QED) is 0.303. The molecule has 32 heavy (non-hydrogen) atoms. The minimum absolute atomic E-state index is 0.726. The molecule has 0 amide bonds. The SMILES string of the molecule is Clc1ccccc1N(c1ccc(C2=CC=CCC2)cc1)c1ccc(-c2ccccc2)cc1. The number of allylic oxidation sites excluding steroid dienone is 4. The first-order valence-corrected chi connectivity index (χ1v) is 11.3. The monoisotopic (exact) mass is 433 g/mol. The van der Waals surface area contributed by atoms with Crippen molar-refractivity contribution in [2.75, 3.05) is 4.90 Å². The van der Waals surface area contributed by atoms with Gasteiger partial charge in [-0.15, -0.1) is 0 Å². The molecule has 1 aliphatic carbocycles. The highest BCUT2D eigenvalue weighted by Gasteiger charge is 2.16. The first kappa shape index (κ1) is 20.4. The minimum atomic E-state index is 0.726. The van der Waals surface area contributed by atoms with Crippen molar-refractivity contribution in [3.05, 3.63) is 132 Å². The number of hydrogen-bond donors (Lipinski definition) is 0. The Bertz CT molecular complexity index is 1250. The van der Waals surface area contributed by atoms with E-state index in [1.54, 1.807) is 0 Å².